The Labute approximate surface area is 215 Å². The minimum Gasteiger partial charge on any atom is -0.497 e. The van der Waals surface area contributed by atoms with Crippen LogP contribution in [-0.2, 0) is 10.2 Å². The zero-order valence-corrected chi connectivity index (χ0v) is 21.6. The largest absolute Gasteiger partial charge is 0.497 e. The Morgan fingerprint density at radius 3 is 2.33 bits per heavy atom. The van der Waals surface area contributed by atoms with Gasteiger partial charge in [0.05, 0.1) is 19.1 Å². The monoisotopic (exact) mass is 499 g/mol. The molecule has 36 heavy (non-hydrogen) atoms. The number of carbonyl (C=O) groups excluding carboxylic acids is 1. The lowest BCUT2D eigenvalue weighted by atomic mass is 9.87. The van der Waals surface area contributed by atoms with E-state index in [2.05, 4.69) is 65.8 Å². The number of rotatable bonds is 8. The van der Waals surface area contributed by atoms with Crippen LogP contribution in [0.5, 0.6) is 5.75 Å². The van der Waals surface area contributed by atoms with Crippen molar-refractivity contribution in [3.05, 3.63) is 90.0 Å². The van der Waals surface area contributed by atoms with Gasteiger partial charge in [0.1, 0.15) is 5.75 Å². The van der Waals surface area contributed by atoms with E-state index in [0.29, 0.717) is 11.0 Å². The van der Waals surface area contributed by atoms with Gasteiger partial charge in [0, 0.05) is 11.3 Å². The van der Waals surface area contributed by atoms with Crippen LogP contribution in [0, 0.1) is 0 Å². The summed E-state index contributed by atoms with van der Waals surface area (Å²) in [7, 11) is 1.64. The van der Waals surface area contributed by atoms with Crippen LogP contribution in [0.25, 0.3) is 17.1 Å². The molecule has 0 aliphatic heterocycles. The summed E-state index contributed by atoms with van der Waals surface area (Å²) in [4.78, 5) is 12.4. The van der Waals surface area contributed by atoms with Gasteiger partial charge in [-0.05, 0) is 40.8 Å². The highest BCUT2D eigenvalue weighted by Crippen LogP contribution is 2.30. The van der Waals surface area contributed by atoms with E-state index in [1.54, 1.807) is 13.3 Å². The summed E-state index contributed by atoms with van der Waals surface area (Å²) in [5.74, 6) is 1.37. The average molecular weight is 500 g/mol. The zero-order valence-electron chi connectivity index (χ0n) is 20.8. The fourth-order valence-corrected chi connectivity index (χ4v) is 4.26. The standard InChI is InChI=1S/C28H29N5O2S/c1-28(2,3)22-12-10-21(11-13-22)26-31-32-27(33(26)23-14-16-24(35-4)17-15-23)36-19-25(34)30-29-18-20-8-6-5-7-9-20/h5-18H,19H2,1-4H3,(H,30,34)/b29-18+. The summed E-state index contributed by atoms with van der Waals surface area (Å²) in [6.45, 7) is 6.56. The molecule has 0 saturated carbocycles. The van der Waals surface area contributed by atoms with Crippen molar-refractivity contribution in [2.24, 2.45) is 5.10 Å². The Morgan fingerprint density at radius 2 is 1.69 bits per heavy atom. The number of nitrogens with zero attached hydrogens (tertiary/aromatic N) is 4. The molecule has 1 heterocycles. The molecule has 0 bridgehead atoms. The lowest BCUT2D eigenvalue weighted by Gasteiger charge is -2.19. The number of nitrogens with one attached hydrogen (secondary N) is 1. The van der Waals surface area contributed by atoms with E-state index in [1.165, 1.54) is 17.3 Å². The molecule has 0 aliphatic carbocycles. The van der Waals surface area contributed by atoms with E-state index in [9.17, 15) is 4.79 Å². The third-order valence-corrected chi connectivity index (χ3v) is 6.44. The fourth-order valence-electron chi connectivity index (χ4n) is 3.51. The Morgan fingerprint density at radius 1 is 1.00 bits per heavy atom. The number of carbonyl (C=O) groups is 1. The molecule has 1 aromatic heterocycles. The third-order valence-electron chi connectivity index (χ3n) is 5.51. The van der Waals surface area contributed by atoms with E-state index in [-0.39, 0.29) is 17.1 Å². The second-order valence-electron chi connectivity index (χ2n) is 9.16. The first-order valence-corrected chi connectivity index (χ1v) is 12.5. The topological polar surface area (TPSA) is 81.4 Å². The van der Waals surface area contributed by atoms with E-state index >= 15 is 0 Å². The van der Waals surface area contributed by atoms with Gasteiger partial charge in [-0.15, -0.1) is 10.2 Å². The van der Waals surface area contributed by atoms with Gasteiger partial charge in [-0.1, -0.05) is 87.1 Å². The van der Waals surface area contributed by atoms with Gasteiger partial charge in [0.2, 0.25) is 0 Å². The Hall–Kier alpha value is -3.91. The van der Waals surface area contributed by atoms with Crippen LogP contribution in [0.15, 0.2) is 89.1 Å². The van der Waals surface area contributed by atoms with Gasteiger partial charge in [-0.2, -0.15) is 5.10 Å². The fraction of sp³-hybridized carbons (Fsp3) is 0.214. The molecule has 0 spiro atoms. The zero-order chi connectivity index (χ0) is 25.5. The minimum absolute atomic E-state index is 0.0551. The van der Waals surface area contributed by atoms with Crippen molar-refractivity contribution >= 4 is 23.9 Å². The summed E-state index contributed by atoms with van der Waals surface area (Å²) >= 11 is 1.30. The van der Waals surface area contributed by atoms with Crippen molar-refractivity contribution in [3.63, 3.8) is 0 Å². The molecule has 0 fully saturated rings. The van der Waals surface area contributed by atoms with Gasteiger partial charge in [-0.3, -0.25) is 9.36 Å². The smallest absolute Gasteiger partial charge is 0.250 e. The predicted molar refractivity (Wildman–Crippen MR) is 145 cm³/mol. The number of benzene rings is 3. The maximum Gasteiger partial charge on any atom is 0.250 e. The molecule has 0 aliphatic rings. The van der Waals surface area contributed by atoms with Crippen molar-refractivity contribution < 1.29 is 9.53 Å². The molecule has 1 N–H and O–H groups in total. The maximum atomic E-state index is 12.4. The quantitative estimate of drug-likeness (QED) is 0.197. The molecular formula is C28H29N5O2S. The van der Waals surface area contributed by atoms with Gasteiger partial charge in [0.15, 0.2) is 11.0 Å². The second-order valence-corrected chi connectivity index (χ2v) is 10.1. The highest BCUT2D eigenvalue weighted by atomic mass is 32.2. The molecule has 184 valence electrons. The number of thioether (sulfide) groups is 1. The molecule has 1 amide bonds. The van der Waals surface area contributed by atoms with Crippen molar-refractivity contribution in [3.8, 4) is 22.8 Å². The first-order valence-electron chi connectivity index (χ1n) is 11.6. The van der Waals surface area contributed by atoms with Crippen molar-refractivity contribution in [2.45, 2.75) is 31.3 Å². The second kappa shape index (κ2) is 11.2. The maximum absolute atomic E-state index is 12.4. The van der Waals surface area contributed by atoms with E-state index in [4.69, 9.17) is 4.74 Å². The van der Waals surface area contributed by atoms with E-state index < -0.39 is 0 Å². The van der Waals surface area contributed by atoms with Gasteiger partial charge < -0.3 is 4.74 Å². The summed E-state index contributed by atoms with van der Waals surface area (Å²) in [6, 6.07) is 25.6. The first-order chi connectivity index (χ1) is 17.3. The number of aromatic nitrogens is 3. The first kappa shape index (κ1) is 25.2. The normalized spacial score (nSPS) is 11.6. The number of amides is 1. The van der Waals surface area contributed by atoms with Crippen LogP contribution in [0.1, 0.15) is 31.9 Å². The molecule has 0 radical (unpaired) electrons. The van der Waals surface area contributed by atoms with Gasteiger partial charge >= 0.3 is 0 Å². The van der Waals surface area contributed by atoms with E-state index in [1.807, 2.05) is 59.2 Å². The molecular weight excluding hydrogens is 470 g/mol. The molecule has 4 rings (SSSR count). The third kappa shape index (κ3) is 6.20. The SMILES string of the molecule is COc1ccc(-n2c(SCC(=O)N/N=C/c3ccccc3)nnc2-c2ccc(C(C)(C)C)cc2)cc1. The van der Waals surface area contributed by atoms with Crippen LogP contribution >= 0.6 is 11.8 Å². The lowest BCUT2D eigenvalue weighted by Crippen LogP contribution is -2.20. The number of hydrazone groups is 1. The molecule has 0 unspecified atom stereocenters. The predicted octanol–water partition coefficient (Wildman–Crippen LogP) is 5.48. The molecule has 4 aromatic rings. The Balaban J connectivity index is 1.56. The summed E-state index contributed by atoms with van der Waals surface area (Å²) in [5.41, 5.74) is 6.59. The van der Waals surface area contributed by atoms with Crippen LogP contribution < -0.4 is 10.2 Å². The lowest BCUT2D eigenvalue weighted by molar-refractivity contribution is -0.118. The summed E-state index contributed by atoms with van der Waals surface area (Å²) < 4.78 is 7.27. The summed E-state index contributed by atoms with van der Waals surface area (Å²) in [5, 5.41) is 13.5. The molecule has 3 aromatic carbocycles. The van der Waals surface area contributed by atoms with Crippen LogP contribution in [0.3, 0.4) is 0 Å². The van der Waals surface area contributed by atoms with Gasteiger partial charge in [-0.25, -0.2) is 5.43 Å². The van der Waals surface area contributed by atoms with E-state index in [0.717, 1.165) is 22.6 Å². The minimum atomic E-state index is -0.229. The molecule has 8 heteroatoms. The molecule has 0 saturated heterocycles. The van der Waals surface area contributed by atoms with Gasteiger partial charge in [0.25, 0.3) is 5.91 Å². The van der Waals surface area contributed by atoms with Crippen molar-refractivity contribution in [1.29, 1.82) is 0 Å². The Kier molecular flexibility index (Phi) is 7.85. The van der Waals surface area contributed by atoms with Crippen LogP contribution in [0.2, 0.25) is 0 Å². The molecule has 0 atom stereocenters. The highest BCUT2D eigenvalue weighted by molar-refractivity contribution is 7.99. The summed E-state index contributed by atoms with van der Waals surface area (Å²) in [6.07, 6.45) is 1.61. The number of hydrogen-bond donors (Lipinski definition) is 1. The number of hydrogen-bond acceptors (Lipinski definition) is 6. The number of ether oxygens (including phenoxy) is 1. The Bertz CT molecular complexity index is 1330. The van der Waals surface area contributed by atoms with Crippen molar-refractivity contribution in [1.82, 2.24) is 20.2 Å². The highest BCUT2D eigenvalue weighted by Gasteiger charge is 2.19. The van der Waals surface area contributed by atoms with Crippen molar-refractivity contribution in [2.75, 3.05) is 12.9 Å². The molecule has 7 nitrogen and oxygen atoms in total. The average Bonchev–Trinajstić information content (AvgIpc) is 3.31. The van der Waals surface area contributed by atoms with Crippen LogP contribution in [-0.4, -0.2) is 39.7 Å². The van der Waals surface area contributed by atoms with Crippen LogP contribution in [0.4, 0.5) is 0 Å². The number of methoxy groups -OCH3 is 1.